The summed E-state index contributed by atoms with van der Waals surface area (Å²) < 4.78 is 0. The zero-order valence-electron chi connectivity index (χ0n) is 6.66. The third kappa shape index (κ3) is 1.23. The maximum absolute atomic E-state index is 10.3. The summed E-state index contributed by atoms with van der Waals surface area (Å²) in [7, 11) is 0. The molecule has 0 radical (unpaired) electrons. The molecule has 3 nitrogen and oxygen atoms in total. The summed E-state index contributed by atoms with van der Waals surface area (Å²) in [6, 6.07) is 3.74. The number of nitrogens with one attached hydrogen (secondary N) is 1. The highest BCUT2D eigenvalue weighted by Crippen LogP contribution is 2.18. The Bertz CT molecular complexity index is 277. The minimum Gasteiger partial charge on any atom is -0.315 e. The number of carbonyl (C=O) groups is 1. The molecule has 0 saturated carbocycles. The number of aldehydes is 1. The van der Waals surface area contributed by atoms with Gasteiger partial charge >= 0.3 is 0 Å². The standard InChI is InChI=1S/C9H10N2O/c12-6-9-2-1-7(5-11-9)8-3-10-4-8/h1-2,5-6,8,10H,3-4H2. The molecule has 0 bridgehead atoms. The largest absolute Gasteiger partial charge is 0.315 e. The van der Waals surface area contributed by atoms with Crippen molar-refractivity contribution >= 4 is 6.29 Å². The first-order valence-corrected chi connectivity index (χ1v) is 4.02. The van der Waals surface area contributed by atoms with Gasteiger partial charge in [-0.1, -0.05) is 6.07 Å². The minimum atomic E-state index is 0.506. The predicted molar refractivity (Wildman–Crippen MR) is 45.2 cm³/mol. The number of pyridine rings is 1. The lowest BCUT2D eigenvalue weighted by Crippen LogP contribution is -2.39. The summed E-state index contributed by atoms with van der Waals surface area (Å²) in [5, 5.41) is 3.19. The van der Waals surface area contributed by atoms with Gasteiger partial charge in [-0.25, -0.2) is 0 Å². The fraction of sp³-hybridized carbons (Fsp3) is 0.333. The molecule has 1 aromatic rings. The van der Waals surface area contributed by atoms with Crippen molar-refractivity contribution in [1.29, 1.82) is 0 Å². The SMILES string of the molecule is O=Cc1ccc(C2CNC2)cn1. The van der Waals surface area contributed by atoms with E-state index in [1.165, 1.54) is 5.56 Å². The van der Waals surface area contributed by atoms with E-state index in [4.69, 9.17) is 0 Å². The summed E-state index contributed by atoms with van der Waals surface area (Å²) in [4.78, 5) is 14.3. The lowest BCUT2D eigenvalue weighted by molar-refractivity contribution is 0.111. The molecule has 1 saturated heterocycles. The van der Waals surface area contributed by atoms with Crippen LogP contribution in [0.1, 0.15) is 22.0 Å². The summed E-state index contributed by atoms with van der Waals surface area (Å²) in [6.45, 7) is 2.06. The number of hydrogen-bond acceptors (Lipinski definition) is 3. The van der Waals surface area contributed by atoms with Gasteiger partial charge in [-0.2, -0.15) is 0 Å². The van der Waals surface area contributed by atoms with E-state index >= 15 is 0 Å². The van der Waals surface area contributed by atoms with Gasteiger partial charge in [0.25, 0.3) is 0 Å². The molecule has 1 aliphatic rings. The van der Waals surface area contributed by atoms with Crippen molar-refractivity contribution in [3.8, 4) is 0 Å². The van der Waals surface area contributed by atoms with Crippen LogP contribution >= 0.6 is 0 Å². The summed E-state index contributed by atoms with van der Waals surface area (Å²) in [5.41, 5.74) is 1.73. The van der Waals surface area contributed by atoms with Crippen LogP contribution in [0.3, 0.4) is 0 Å². The number of nitrogens with zero attached hydrogens (tertiary/aromatic N) is 1. The van der Waals surface area contributed by atoms with Crippen molar-refractivity contribution in [2.45, 2.75) is 5.92 Å². The smallest absolute Gasteiger partial charge is 0.168 e. The van der Waals surface area contributed by atoms with E-state index in [2.05, 4.69) is 10.3 Å². The first kappa shape index (κ1) is 7.43. The average molecular weight is 162 g/mol. The molecule has 0 spiro atoms. The van der Waals surface area contributed by atoms with Crippen molar-refractivity contribution in [3.63, 3.8) is 0 Å². The van der Waals surface area contributed by atoms with Crippen LogP contribution in [0, 0.1) is 0 Å². The maximum Gasteiger partial charge on any atom is 0.168 e. The Morgan fingerprint density at radius 3 is 2.75 bits per heavy atom. The molecule has 62 valence electrons. The molecule has 0 unspecified atom stereocenters. The second-order valence-corrected chi connectivity index (χ2v) is 2.99. The molecule has 0 amide bonds. The van der Waals surface area contributed by atoms with E-state index in [1.807, 2.05) is 6.07 Å². The third-order valence-corrected chi connectivity index (χ3v) is 2.18. The fourth-order valence-corrected chi connectivity index (χ4v) is 1.25. The Hall–Kier alpha value is -1.22. The van der Waals surface area contributed by atoms with Gasteiger partial charge in [0, 0.05) is 25.2 Å². The van der Waals surface area contributed by atoms with Crippen LogP contribution < -0.4 is 5.32 Å². The lowest BCUT2D eigenvalue weighted by atomic mass is 9.95. The fourth-order valence-electron chi connectivity index (χ4n) is 1.25. The molecule has 0 aromatic carbocycles. The first-order chi connectivity index (χ1) is 5.90. The molecule has 1 N–H and O–H groups in total. The minimum absolute atomic E-state index is 0.506. The molecule has 3 heteroatoms. The zero-order chi connectivity index (χ0) is 8.39. The zero-order valence-corrected chi connectivity index (χ0v) is 6.66. The van der Waals surface area contributed by atoms with Gasteiger partial charge in [0.1, 0.15) is 5.69 Å². The predicted octanol–water partition coefficient (Wildman–Crippen LogP) is 0.581. The van der Waals surface area contributed by atoms with Crippen LogP contribution in [0.25, 0.3) is 0 Å². The van der Waals surface area contributed by atoms with Crippen LogP contribution in [-0.4, -0.2) is 24.4 Å². The van der Waals surface area contributed by atoms with Crippen LogP contribution in [0.2, 0.25) is 0 Å². The van der Waals surface area contributed by atoms with Crippen molar-refractivity contribution in [1.82, 2.24) is 10.3 Å². The Morgan fingerprint density at radius 1 is 1.50 bits per heavy atom. The Kier molecular flexibility index (Phi) is 1.87. The quantitative estimate of drug-likeness (QED) is 0.647. The first-order valence-electron chi connectivity index (χ1n) is 4.02. The topological polar surface area (TPSA) is 42.0 Å². The second kappa shape index (κ2) is 3.03. The molecule has 2 rings (SSSR count). The van der Waals surface area contributed by atoms with Gasteiger partial charge in [-0.15, -0.1) is 0 Å². The molecular weight excluding hydrogens is 152 g/mol. The number of aromatic nitrogens is 1. The van der Waals surface area contributed by atoms with E-state index in [0.29, 0.717) is 11.6 Å². The van der Waals surface area contributed by atoms with E-state index in [-0.39, 0.29) is 0 Å². The number of hydrogen-bond donors (Lipinski definition) is 1. The molecule has 0 atom stereocenters. The summed E-state index contributed by atoms with van der Waals surface area (Å²) in [5.74, 6) is 0.596. The molecule has 1 aliphatic heterocycles. The normalized spacial score (nSPS) is 17.0. The summed E-state index contributed by atoms with van der Waals surface area (Å²) in [6.07, 6.45) is 2.55. The van der Waals surface area contributed by atoms with Crippen molar-refractivity contribution in [2.75, 3.05) is 13.1 Å². The third-order valence-electron chi connectivity index (χ3n) is 2.18. The van der Waals surface area contributed by atoms with Crippen molar-refractivity contribution in [2.24, 2.45) is 0 Å². The molecule has 1 aromatic heterocycles. The van der Waals surface area contributed by atoms with Crippen molar-refractivity contribution in [3.05, 3.63) is 29.6 Å². The van der Waals surface area contributed by atoms with Gasteiger partial charge in [0.15, 0.2) is 6.29 Å². The molecule has 12 heavy (non-hydrogen) atoms. The Morgan fingerprint density at radius 2 is 2.33 bits per heavy atom. The highest BCUT2D eigenvalue weighted by molar-refractivity contribution is 5.71. The van der Waals surface area contributed by atoms with E-state index < -0.39 is 0 Å². The maximum atomic E-state index is 10.3. The van der Waals surface area contributed by atoms with Gasteiger partial charge in [-0.05, 0) is 11.6 Å². The van der Waals surface area contributed by atoms with E-state index in [0.717, 1.165) is 19.4 Å². The van der Waals surface area contributed by atoms with Gasteiger partial charge in [0.05, 0.1) is 0 Å². The van der Waals surface area contributed by atoms with E-state index in [9.17, 15) is 4.79 Å². The van der Waals surface area contributed by atoms with E-state index in [1.54, 1.807) is 12.3 Å². The molecule has 0 aliphatic carbocycles. The summed E-state index contributed by atoms with van der Waals surface area (Å²) >= 11 is 0. The number of carbonyl (C=O) groups excluding carboxylic acids is 1. The van der Waals surface area contributed by atoms with Gasteiger partial charge in [0.2, 0.25) is 0 Å². The second-order valence-electron chi connectivity index (χ2n) is 2.99. The van der Waals surface area contributed by atoms with Gasteiger partial charge < -0.3 is 5.32 Å². The van der Waals surface area contributed by atoms with Crippen LogP contribution in [0.15, 0.2) is 18.3 Å². The average Bonchev–Trinajstić information content (AvgIpc) is 2.03. The monoisotopic (exact) mass is 162 g/mol. The lowest BCUT2D eigenvalue weighted by Gasteiger charge is -2.26. The highest BCUT2D eigenvalue weighted by atomic mass is 16.1. The Balaban J connectivity index is 2.18. The molecule has 2 heterocycles. The highest BCUT2D eigenvalue weighted by Gasteiger charge is 2.18. The molecular formula is C9H10N2O. The molecule has 1 fully saturated rings. The van der Waals surface area contributed by atoms with Crippen LogP contribution in [-0.2, 0) is 0 Å². The van der Waals surface area contributed by atoms with Crippen LogP contribution in [0.5, 0.6) is 0 Å². The van der Waals surface area contributed by atoms with Gasteiger partial charge in [-0.3, -0.25) is 9.78 Å². The van der Waals surface area contributed by atoms with Crippen molar-refractivity contribution < 1.29 is 4.79 Å². The Labute approximate surface area is 70.8 Å². The van der Waals surface area contributed by atoms with Crippen LogP contribution in [0.4, 0.5) is 0 Å². The number of rotatable bonds is 2.